The Morgan fingerprint density at radius 1 is 1.10 bits per heavy atom. The topological polar surface area (TPSA) is 78.5 Å². The van der Waals surface area contributed by atoms with Crippen LogP contribution in [0.15, 0.2) is 24.3 Å². The van der Waals surface area contributed by atoms with Crippen LogP contribution in [-0.2, 0) is 16.0 Å². The van der Waals surface area contributed by atoms with E-state index in [1.807, 2.05) is 29.2 Å². The number of hydrogen-bond donors (Lipinski definition) is 2. The summed E-state index contributed by atoms with van der Waals surface area (Å²) in [5, 5.41) is 6.25. The van der Waals surface area contributed by atoms with Crippen LogP contribution in [0.2, 0.25) is 0 Å². The number of nitrogens with zero attached hydrogens (tertiary/aromatic N) is 1. The SMILES string of the molecule is CCc1ccc(C(=O)CCC(=O)N2CCCC(CNC(=O)C3CCCN3)C2)cc1.Cl. The van der Waals surface area contributed by atoms with Gasteiger partial charge in [0.15, 0.2) is 5.78 Å². The summed E-state index contributed by atoms with van der Waals surface area (Å²) in [6.45, 7) is 5.01. The van der Waals surface area contributed by atoms with Crippen molar-refractivity contribution in [2.75, 3.05) is 26.2 Å². The molecule has 2 amide bonds. The van der Waals surface area contributed by atoms with Crippen molar-refractivity contribution in [3.63, 3.8) is 0 Å². The highest BCUT2D eigenvalue weighted by molar-refractivity contribution is 5.98. The molecule has 2 atom stereocenters. The molecule has 0 saturated carbocycles. The Morgan fingerprint density at radius 2 is 1.87 bits per heavy atom. The molecule has 1 aromatic rings. The number of carbonyl (C=O) groups excluding carboxylic acids is 3. The lowest BCUT2D eigenvalue weighted by atomic mass is 9.97. The smallest absolute Gasteiger partial charge is 0.237 e. The maximum Gasteiger partial charge on any atom is 0.237 e. The molecule has 0 bridgehead atoms. The fourth-order valence-electron chi connectivity index (χ4n) is 4.18. The zero-order valence-electron chi connectivity index (χ0n) is 17.8. The van der Waals surface area contributed by atoms with Gasteiger partial charge in [-0.25, -0.2) is 0 Å². The van der Waals surface area contributed by atoms with Crippen molar-refractivity contribution in [3.05, 3.63) is 35.4 Å². The molecule has 7 heteroatoms. The molecule has 166 valence electrons. The minimum atomic E-state index is -0.0614. The second kappa shape index (κ2) is 12.1. The third-order valence-electron chi connectivity index (χ3n) is 6.06. The van der Waals surface area contributed by atoms with E-state index >= 15 is 0 Å². The van der Waals surface area contributed by atoms with Gasteiger partial charge < -0.3 is 15.5 Å². The van der Waals surface area contributed by atoms with Crippen molar-refractivity contribution in [2.45, 2.75) is 57.9 Å². The molecule has 0 spiro atoms. The second-order valence-electron chi connectivity index (χ2n) is 8.22. The standard InChI is InChI=1S/C23H33N3O3.ClH/c1-2-17-7-9-19(10-8-17)21(27)11-12-22(28)26-14-4-5-18(16-26)15-25-23(29)20-6-3-13-24-20;/h7-10,18,20,24H,2-6,11-16H2,1H3,(H,25,29);1H. The molecular weight excluding hydrogens is 402 g/mol. The Labute approximate surface area is 185 Å². The van der Waals surface area contributed by atoms with Crippen molar-refractivity contribution < 1.29 is 14.4 Å². The number of hydrogen-bond acceptors (Lipinski definition) is 4. The van der Waals surface area contributed by atoms with E-state index in [1.54, 1.807) is 0 Å². The first-order valence-corrected chi connectivity index (χ1v) is 11.0. The second-order valence-corrected chi connectivity index (χ2v) is 8.22. The van der Waals surface area contributed by atoms with Gasteiger partial charge in [-0.1, -0.05) is 31.2 Å². The number of ketones is 1. The van der Waals surface area contributed by atoms with E-state index in [1.165, 1.54) is 5.56 Å². The number of likely N-dealkylation sites (tertiary alicyclic amines) is 1. The molecule has 1 aromatic carbocycles. The number of Topliss-reactive ketones (excluding diaryl/α,β-unsaturated/α-hetero) is 1. The van der Waals surface area contributed by atoms with Crippen LogP contribution in [0.25, 0.3) is 0 Å². The summed E-state index contributed by atoms with van der Waals surface area (Å²) >= 11 is 0. The number of amides is 2. The summed E-state index contributed by atoms with van der Waals surface area (Å²) in [6.07, 6.45) is 5.35. The summed E-state index contributed by atoms with van der Waals surface area (Å²) in [5.41, 5.74) is 1.88. The van der Waals surface area contributed by atoms with Crippen LogP contribution in [0, 0.1) is 5.92 Å². The van der Waals surface area contributed by atoms with Gasteiger partial charge in [0, 0.05) is 38.0 Å². The lowest BCUT2D eigenvalue weighted by molar-refractivity contribution is -0.132. The first-order chi connectivity index (χ1) is 14.1. The zero-order valence-corrected chi connectivity index (χ0v) is 18.6. The lowest BCUT2D eigenvalue weighted by Gasteiger charge is -2.33. The van der Waals surface area contributed by atoms with Crippen molar-refractivity contribution in [3.8, 4) is 0 Å². The zero-order chi connectivity index (χ0) is 20.6. The van der Waals surface area contributed by atoms with Gasteiger partial charge in [-0.2, -0.15) is 0 Å². The van der Waals surface area contributed by atoms with Crippen LogP contribution in [0.4, 0.5) is 0 Å². The number of halogens is 1. The van der Waals surface area contributed by atoms with Gasteiger partial charge in [0.1, 0.15) is 0 Å². The van der Waals surface area contributed by atoms with Gasteiger partial charge in [-0.15, -0.1) is 12.4 Å². The molecule has 6 nitrogen and oxygen atoms in total. The van der Waals surface area contributed by atoms with Gasteiger partial charge in [-0.05, 0) is 50.1 Å². The van der Waals surface area contributed by atoms with Crippen LogP contribution in [0.1, 0.15) is 61.4 Å². The molecule has 0 radical (unpaired) electrons. The molecule has 2 fully saturated rings. The highest BCUT2D eigenvalue weighted by atomic mass is 35.5. The monoisotopic (exact) mass is 435 g/mol. The van der Waals surface area contributed by atoms with E-state index in [4.69, 9.17) is 0 Å². The number of aryl methyl sites for hydroxylation is 1. The number of nitrogens with one attached hydrogen (secondary N) is 2. The predicted molar refractivity (Wildman–Crippen MR) is 120 cm³/mol. The Kier molecular flexibility index (Phi) is 9.79. The molecular formula is C23H34ClN3O3. The van der Waals surface area contributed by atoms with E-state index in [2.05, 4.69) is 17.6 Å². The van der Waals surface area contributed by atoms with E-state index in [0.717, 1.165) is 45.2 Å². The normalized spacial score (nSPS) is 21.0. The van der Waals surface area contributed by atoms with Crippen molar-refractivity contribution in [2.24, 2.45) is 5.92 Å². The summed E-state index contributed by atoms with van der Waals surface area (Å²) in [7, 11) is 0. The molecule has 0 aliphatic carbocycles. The molecule has 2 N–H and O–H groups in total. The third-order valence-corrected chi connectivity index (χ3v) is 6.06. The van der Waals surface area contributed by atoms with Gasteiger partial charge in [-0.3, -0.25) is 14.4 Å². The van der Waals surface area contributed by atoms with Crippen molar-refractivity contribution in [1.82, 2.24) is 15.5 Å². The van der Waals surface area contributed by atoms with Gasteiger partial charge in [0.05, 0.1) is 6.04 Å². The molecule has 0 aromatic heterocycles. The Morgan fingerprint density at radius 3 is 2.53 bits per heavy atom. The third kappa shape index (κ3) is 6.81. The molecule has 2 heterocycles. The van der Waals surface area contributed by atoms with Gasteiger partial charge >= 0.3 is 0 Å². The summed E-state index contributed by atoms with van der Waals surface area (Å²) < 4.78 is 0. The first-order valence-electron chi connectivity index (χ1n) is 11.0. The lowest BCUT2D eigenvalue weighted by Crippen LogP contribution is -2.46. The van der Waals surface area contributed by atoms with E-state index in [0.29, 0.717) is 18.7 Å². The average Bonchev–Trinajstić information content (AvgIpc) is 3.31. The van der Waals surface area contributed by atoms with E-state index in [-0.39, 0.29) is 54.8 Å². The molecule has 2 saturated heterocycles. The number of benzene rings is 1. The maximum atomic E-state index is 12.6. The van der Waals surface area contributed by atoms with Gasteiger partial charge in [0.2, 0.25) is 11.8 Å². The summed E-state index contributed by atoms with van der Waals surface area (Å²) in [5.74, 6) is 0.420. The van der Waals surface area contributed by atoms with Crippen LogP contribution < -0.4 is 10.6 Å². The van der Waals surface area contributed by atoms with Crippen LogP contribution in [0.3, 0.4) is 0 Å². The van der Waals surface area contributed by atoms with Crippen LogP contribution in [-0.4, -0.2) is 54.7 Å². The number of piperidine rings is 1. The van der Waals surface area contributed by atoms with Crippen LogP contribution in [0.5, 0.6) is 0 Å². The number of carbonyl (C=O) groups is 3. The Hall–Kier alpha value is -1.92. The van der Waals surface area contributed by atoms with Crippen molar-refractivity contribution >= 4 is 30.0 Å². The largest absolute Gasteiger partial charge is 0.354 e. The summed E-state index contributed by atoms with van der Waals surface area (Å²) in [4.78, 5) is 39.0. The minimum Gasteiger partial charge on any atom is -0.354 e. The van der Waals surface area contributed by atoms with Crippen LogP contribution >= 0.6 is 12.4 Å². The summed E-state index contributed by atoms with van der Waals surface area (Å²) in [6, 6.07) is 7.59. The predicted octanol–water partition coefficient (Wildman–Crippen LogP) is 2.74. The van der Waals surface area contributed by atoms with Crippen molar-refractivity contribution in [1.29, 1.82) is 0 Å². The molecule has 2 aliphatic heterocycles. The molecule has 2 unspecified atom stereocenters. The first kappa shape index (κ1) is 24.4. The molecule has 2 aliphatic rings. The highest BCUT2D eigenvalue weighted by Crippen LogP contribution is 2.18. The fraction of sp³-hybridized carbons (Fsp3) is 0.609. The van der Waals surface area contributed by atoms with E-state index in [9.17, 15) is 14.4 Å². The quantitative estimate of drug-likeness (QED) is 0.615. The average molecular weight is 436 g/mol. The Bertz CT molecular complexity index is 717. The molecule has 3 rings (SSSR count). The minimum absolute atomic E-state index is 0. The molecule has 30 heavy (non-hydrogen) atoms. The fourth-order valence-corrected chi connectivity index (χ4v) is 4.18. The highest BCUT2D eigenvalue weighted by Gasteiger charge is 2.26. The Balaban J connectivity index is 0.00000320. The number of rotatable bonds is 8. The van der Waals surface area contributed by atoms with Gasteiger partial charge in [0.25, 0.3) is 0 Å². The van der Waals surface area contributed by atoms with E-state index < -0.39 is 0 Å². The maximum absolute atomic E-state index is 12.6.